The van der Waals surface area contributed by atoms with E-state index < -0.39 is 20.5 Å². The number of carbonyl (C=O) groups is 1. The summed E-state index contributed by atoms with van der Waals surface area (Å²) in [5.74, 6) is 0. The van der Waals surface area contributed by atoms with Gasteiger partial charge in [0.05, 0.1) is 6.61 Å². The van der Waals surface area contributed by atoms with Gasteiger partial charge in [-0.3, -0.25) is 0 Å². The van der Waals surface area contributed by atoms with Crippen LogP contribution in [0.1, 0.15) is 20.8 Å². The fourth-order valence-corrected chi connectivity index (χ4v) is 7.81. The number of aliphatic hydroxyl groups is 1. The van der Waals surface area contributed by atoms with Crippen LogP contribution in [0.3, 0.4) is 0 Å². The lowest BCUT2D eigenvalue weighted by molar-refractivity contribution is 0.0393. The second-order valence-corrected chi connectivity index (χ2v) is 11.6. The van der Waals surface area contributed by atoms with E-state index in [1.165, 1.54) is 0 Å². The highest BCUT2D eigenvalue weighted by Gasteiger charge is 2.50. The molecule has 0 spiro atoms. The van der Waals surface area contributed by atoms with E-state index in [4.69, 9.17) is 14.9 Å². The topological polar surface area (TPSA) is 81.8 Å². The second kappa shape index (κ2) is 8.49. The summed E-state index contributed by atoms with van der Waals surface area (Å²) in [5.41, 5.74) is 4.97. The van der Waals surface area contributed by atoms with E-state index in [0.717, 1.165) is 10.4 Å². The zero-order chi connectivity index (χ0) is 19.2. The van der Waals surface area contributed by atoms with Crippen LogP contribution in [-0.4, -0.2) is 38.8 Å². The molecule has 0 saturated heterocycles. The summed E-state index contributed by atoms with van der Waals surface area (Å²) in [6.45, 7) is 6.34. The first-order valence-electron chi connectivity index (χ1n) is 8.62. The van der Waals surface area contributed by atoms with Crippen molar-refractivity contribution >= 4 is 24.8 Å². The van der Waals surface area contributed by atoms with Crippen LogP contribution in [0.4, 0.5) is 4.79 Å². The Balaban J connectivity index is 2.42. The number of primary amides is 1. The van der Waals surface area contributed by atoms with E-state index in [1.807, 2.05) is 36.4 Å². The highest BCUT2D eigenvalue weighted by Crippen LogP contribution is 2.36. The van der Waals surface area contributed by atoms with E-state index in [1.54, 1.807) is 0 Å². The van der Waals surface area contributed by atoms with Crippen molar-refractivity contribution in [2.24, 2.45) is 5.73 Å². The van der Waals surface area contributed by atoms with Gasteiger partial charge in [-0.25, -0.2) is 4.79 Å². The summed E-state index contributed by atoms with van der Waals surface area (Å²) in [6.07, 6.45) is -1.85. The highest BCUT2D eigenvalue weighted by atomic mass is 28.4. The van der Waals surface area contributed by atoms with Gasteiger partial charge in [-0.1, -0.05) is 81.4 Å². The van der Waals surface area contributed by atoms with Crippen molar-refractivity contribution in [3.05, 3.63) is 60.7 Å². The number of aliphatic hydroxyl groups excluding tert-OH is 1. The Morgan fingerprint density at radius 2 is 1.46 bits per heavy atom. The SMILES string of the molecule is CC(C)(C)[Si](OCC(O)COC(N)=O)(c1ccccc1)c1ccccc1. The van der Waals surface area contributed by atoms with Crippen molar-refractivity contribution in [1.29, 1.82) is 0 Å². The van der Waals surface area contributed by atoms with Crippen LogP contribution in [0.5, 0.6) is 0 Å². The maximum Gasteiger partial charge on any atom is 0.404 e. The van der Waals surface area contributed by atoms with Gasteiger partial charge in [0.15, 0.2) is 0 Å². The van der Waals surface area contributed by atoms with E-state index in [9.17, 15) is 9.90 Å². The van der Waals surface area contributed by atoms with Gasteiger partial charge in [0, 0.05) is 0 Å². The molecule has 0 aliphatic heterocycles. The van der Waals surface area contributed by atoms with Crippen LogP contribution < -0.4 is 16.1 Å². The fraction of sp³-hybridized carbons (Fsp3) is 0.350. The molecule has 1 unspecified atom stereocenters. The zero-order valence-corrected chi connectivity index (χ0v) is 16.5. The Morgan fingerprint density at radius 3 is 1.85 bits per heavy atom. The van der Waals surface area contributed by atoms with E-state index in [-0.39, 0.29) is 18.3 Å². The summed E-state index contributed by atoms with van der Waals surface area (Å²) in [7, 11) is -2.70. The summed E-state index contributed by atoms with van der Waals surface area (Å²) < 4.78 is 11.2. The number of nitrogens with two attached hydrogens (primary N) is 1. The van der Waals surface area contributed by atoms with Crippen LogP contribution in [-0.2, 0) is 9.16 Å². The van der Waals surface area contributed by atoms with Gasteiger partial charge >= 0.3 is 6.09 Å². The van der Waals surface area contributed by atoms with Gasteiger partial charge < -0.3 is 20.0 Å². The molecule has 140 valence electrons. The Kier molecular flexibility index (Phi) is 6.58. The quantitative estimate of drug-likeness (QED) is 0.728. The van der Waals surface area contributed by atoms with Crippen molar-refractivity contribution in [2.75, 3.05) is 13.2 Å². The zero-order valence-electron chi connectivity index (χ0n) is 15.5. The number of ether oxygens (including phenoxy) is 1. The van der Waals surface area contributed by atoms with Crippen molar-refractivity contribution in [3.8, 4) is 0 Å². The predicted molar refractivity (Wildman–Crippen MR) is 105 cm³/mol. The van der Waals surface area contributed by atoms with E-state index >= 15 is 0 Å². The molecule has 2 rings (SSSR count). The van der Waals surface area contributed by atoms with Crippen molar-refractivity contribution in [3.63, 3.8) is 0 Å². The summed E-state index contributed by atoms with van der Waals surface area (Å²) >= 11 is 0. The first-order valence-corrected chi connectivity index (χ1v) is 10.5. The van der Waals surface area contributed by atoms with Crippen molar-refractivity contribution < 1.29 is 19.1 Å². The van der Waals surface area contributed by atoms with Gasteiger partial charge in [-0.2, -0.15) is 0 Å². The molecular weight excluding hydrogens is 346 g/mol. The molecule has 5 nitrogen and oxygen atoms in total. The van der Waals surface area contributed by atoms with Gasteiger partial charge in [0.25, 0.3) is 8.32 Å². The third-order valence-electron chi connectivity index (χ3n) is 4.33. The molecule has 0 radical (unpaired) electrons. The largest absolute Gasteiger partial charge is 0.447 e. The summed E-state index contributed by atoms with van der Waals surface area (Å²) in [4.78, 5) is 10.8. The molecule has 1 amide bonds. The standard InChI is InChI=1S/C20H27NO4Si/c1-20(2,3)26(17-10-6-4-7-11-17,18-12-8-5-9-13-18)25-15-16(22)14-24-19(21)23/h4-13,16,22H,14-15H2,1-3H3,(H2,21,23). The normalized spacial score (nSPS) is 13.2. The lowest BCUT2D eigenvalue weighted by Crippen LogP contribution is -2.67. The third-order valence-corrected chi connectivity index (χ3v) is 9.33. The molecule has 0 saturated carbocycles. The first-order chi connectivity index (χ1) is 12.3. The number of carbonyl (C=O) groups excluding carboxylic acids is 1. The molecule has 0 aliphatic carbocycles. The molecule has 0 aromatic heterocycles. The average molecular weight is 374 g/mol. The Labute approximate surface area is 155 Å². The Hall–Kier alpha value is -2.15. The minimum absolute atomic E-state index is 0.0561. The van der Waals surface area contributed by atoms with Gasteiger partial charge in [-0.05, 0) is 15.4 Å². The third kappa shape index (κ3) is 4.52. The molecule has 6 heteroatoms. The first kappa shape index (κ1) is 20.2. The predicted octanol–water partition coefficient (Wildman–Crippen LogP) is 2.02. The number of amides is 1. The maximum atomic E-state index is 10.8. The molecular formula is C20H27NO4Si. The smallest absolute Gasteiger partial charge is 0.404 e. The van der Waals surface area contributed by atoms with E-state index in [0.29, 0.717) is 0 Å². The molecule has 0 aliphatic rings. The minimum atomic E-state index is -2.70. The lowest BCUT2D eigenvalue weighted by Gasteiger charge is -2.43. The van der Waals surface area contributed by atoms with Crippen LogP contribution >= 0.6 is 0 Å². The van der Waals surface area contributed by atoms with Crippen molar-refractivity contribution in [2.45, 2.75) is 31.9 Å². The van der Waals surface area contributed by atoms with Gasteiger partial charge in [0.1, 0.15) is 12.7 Å². The maximum absolute atomic E-state index is 10.8. The lowest BCUT2D eigenvalue weighted by atomic mass is 10.2. The average Bonchev–Trinajstić information content (AvgIpc) is 2.61. The molecule has 3 N–H and O–H groups in total. The minimum Gasteiger partial charge on any atom is -0.447 e. The van der Waals surface area contributed by atoms with Gasteiger partial charge in [0.2, 0.25) is 0 Å². The number of hydrogen-bond acceptors (Lipinski definition) is 4. The highest BCUT2D eigenvalue weighted by molar-refractivity contribution is 6.99. The number of benzene rings is 2. The van der Waals surface area contributed by atoms with Crippen LogP contribution in [0.2, 0.25) is 5.04 Å². The molecule has 0 bridgehead atoms. The van der Waals surface area contributed by atoms with Crippen LogP contribution in [0.25, 0.3) is 0 Å². The molecule has 1 atom stereocenters. The van der Waals surface area contributed by atoms with E-state index in [2.05, 4.69) is 45.0 Å². The molecule has 2 aromatic rings. The summed E-state index contributed by atoms with van der Waals surface area (Å²) in [5, 5.41) is 12.3. The van der Waals surface area contributed by atoms with Crippen molar-refractivity contribution in [1.82, 2.24) is 0 Å². The molecule has 26 heavy (non-hydrogen) atoms. The van der Waals surface area contributed by atoms with Crippen LogP contribution in [0.15, 0.2) is 60.7 Å². The summed E-state index contributed by atoms with van der Waals surface area (Å²) in [6, 6.07) is 20.3. The molecule has 0 heterocycles. The number of rotatable bonds is 7. The fourth-order valence-electron chi connectivity index (χ4n) is 3.21. The van der Waals surface area contributed by atoms with Gasteiger partial charge in [-0.15, -0.1) is 0 Å². The number of hydrogen-bond donors (Lipinski definition) is 2. The Morgan fingerprint density at radius 1 is 1.00 bits per heavy atom. The molecule has 0 fully saturated rings. The monoisotopic (exact) mass is 373 g/mol. The Bertz CT molecular complexity index is 661. The second-order valence-electron chi connectivity index (χ2n) is 7.26. The molecule has 2 aromatic carbocycles. The van der Waals surface area contributed by atoms with Crippen LogP contribution in [0, 0.1) is 0 Å².